The van der Waals surface area contributed by atoms with Gasteiger partial charge in [-0.25, -0.2) is 9.97 Å². The van der Waals surface area contributed by atoms with Gasteiger partial charge in [-0.15, -0.1) is 0 Å². The first-order valence-electron chi connectivity index (χ1n) is 10.3. The highest BCUT2D eigenvalue weighted by Gasteiger charge is 2.32. The molecular weight excluding hydrogens is 437 g/mol. The largest absolute Gasteiger partial charge is 0.467 e. The summed E-state index contributed by atoms with van der Waals surface area (Å²) in [6.45, 7) is 5.75. The number of anilines is 2. The quantitative estimate of drug-likeness (QED) is 0.616. The third kappa shape index (κ3) is 4.82. The van der Waals surface area contributed by atoms with Crippen LogP contribution in [0.3, 0.4) is 0 Å². The Bertz CT molecular complexity index is 1160. The minimum absolute atomic E-state index is 0.104. The van der Waals surface area contributed by atoms with Crippen molar-refractivity contribution in [1.82, 2.24) is 20.3 Å². The van der Waals surface area contributed by atoms with Crippen molar-refractivity contribution in [2.24, 2.45) is 0 Å². The van der Waals surface area contributed by atoms with E-state index in [1.54, 1.807) is 12.3 Å². The van der Waals surface area contributed by atoms with Crippen molar-refractivity contribution in [3.8, 4) is 6.01 Å². The third-order valence-corrected chi connectivity index (χ3v) is 5.34. The van der Waals surface area contributed by atoms with Crippen molar-refractivity contribution in [2.45, 2.75) is 32.1 Å². The Balaban J connectivity index is 1.69. The van der Waals surface area contributed by atoms with Crippen molar-refractivity contribution in [3.63, 3.8) is 0 Å². The number of hydrogen-bond donors (Lipinski definition) is 2. The summed E-state index contributed by atoms with van der Waals surface area (Å²) < 4.78 is 43.4. The molecule has 0 radical (unpaired) electrons. The SMILES string of the molecule is COc1ncc2c(N3C[C@@H](C)N[C@@H](C)C3)ccc(C(=O)Nc3ccc(C(F)(F)F)nc3)c2n1. The van der Waals surface area contributed by atoms with Gasteiger partial charge in [0.25, 0.3) is 5.91 Å². The zero-order chi connectivity index (χ0) is 23.8. The van der Waals surface area contributed by atoms with Crippen LogP contribution >= 0.6 is 0 Å². The number of carbonyl (C=O) groups excluding carboxylic acids is 1. The standard InChI is InChI=1S/C22H23F3N6O2/c1-12-10-31(11-13(2)28-12)17-6-5-15(19-16(17)9-27-21(30-19)33-3)20(32)29-14-4-7-18(26-8-14)22(23,24)25/h4-9,12-13,28H,10-11H2,1-3H3,(H,29,32)/t12-,13+. The van der Waals surface area contributed by atoms with Crippen molar-refractivity contribution >= 4 is 28.2 Å². The highest BCUT2D eigenvalue weighted by Crippen LogP contribution is 2.31. The number of methoxy groups -OCH3 is 1. The van der Waals surface area contributed by atoms with Crippen LogP contribution in [0, 0.1) is 0 Å². The first-order chi connectivity index (χ1) is 15.7. The van der Waals surface area contributed by atoms with Crippen LogP contribution in [0.1, 0.15) is 29.9 Å². The van der Waals surface area contributed by atoms with Crippen LogP contribution in [-0.2, 0) is 6.18 Å². The van der Waals surface area contributed by atoms with Gasteiger partial charge < -0.3 is 20.3 Å². The maximum Gasteiger partial charge on any atom is 0.433 e. The fourth-order valence-electron chi connectivity index (χ4n) is 4.00. The average molecular weight is 460 g/mol. The normalized spacial score (nSPS) is 18.9. The summed E-state index contributed by atoms with van der Waals surface area (Å²) >= 11 is 0. The molecule has 2 atom stereocenters. The molecule has 2 aromatic heterocycles. The van der Waals surface area contributed by atoms with Gasteiger partial charge in [-0.3, -0.25) is 4.79 Å². The average Bonchev–Trinajstić information content (AvgIpc) is 2.77. The van der Waals surface area contributed by atoms with Crippen LogP contribution in [0.15, 0.2) is 36.7 Å². The number of rotatable bonds is 4. The molecule has 0 aliphatic carbocycles. The summed E-state index contributed by atoms with van der Waals surface area (Å²) in [7, 11) is 1.43. The van der Waals surface area contributed by atoms with E-state index in [1.165, 1.54) is 7.11 Å². The van der Waals surface area contributed by atoms with E-state index in [9.17, 15) is 18.0 Å². The second kappa shape index (κ2) is 8.81. The number of carbonyl (C=O) groups is 1. The van der Waals surface area contributed by atoms with E-state index in [4.69, 9.17) is 4.74 Å². The molecule has 8 nitrogen and oxygen atoms in total. The van der Waals surface area contributed by atoms with E-state index in [1.807, 2.05) is 6.07 Å². The maximum atomic E-state index is 13.0. The lowest BCUT2D eigenvalue weighted by Crippen LogP contribution is -2.54. The summed E-state index contributed by atoms with van der Waals surface area (Å²) in [5.74, 6) is -0.532. The Hall–Kier alpha value is -3.47. The van der Waals surface area contributed by atoms with Gasteiger partial charge >= 0.3 is 12.2 Å². The zero-order valence-electron chi connectivity index (χ0n) is 18.3. The molecule has 11 heteroatoms. The van der Waals surface area contributed by atoms with E-state index in [2.05, 4.69) is 44.3 Å². The zero-order valence-corrected chi connectivity index (χ0v) is 18.3. The molecule has 0 spiro atoms. The van der Waals surface area contributed by atoms with Crippen LogP contribution in [0.25, 0.3) is 10.9 Å². The minimum atomic E-state index is -4.55. The van der Waals surface area contributed by atoms with Crippen molar-refractivity contribution < 1.29 is 22.7 Å². The molecular formula is C22H23F3N6O2. The third-order valence-electron chi connectivity index (χ3n) is 5.34. The molecule has 0 saturated carbocycles. The molecule has 1 aromatic carbocycles. The maximum absolute atomic E-state index is 13.0. The van der Waals surface area contributed by atoms with Gasteiger partial charge in [-0.2, -0.15) is 18.2 Å². The molecule has 3 heterocycles. The van der Waals surface area contributed by atoms with E-state index in [-0.39, 0.29) is 29.3 Å². The van der Waals surface area contributed by atoms with Crippen LogP contribution in [-0.4, -0.2) is 53.1 Å². The highest BCUT2D eigenvalue weighted by atomic mass is 19.4. The van der Waals surface area contributed by atoms with E-state index in [0.717, 1.165) is 37.1 Å². The molecule has 0 unspecified atom stereocenters. The number of benzene rings is 1. The first-order valence-corrected chi connectivity index (χ1v) is 10.3. The van der Waals surface area contributed by atoms with Crippen molar-refractivity contribution in [1.29, 1.82) is 0 Å². The number of alkyl halides is 3. The van der Waals surface area contributed by atoms with E-state index < -0.39 is 17.8 Å². The number of piperazine rings is 1. The lowest BCUT2D eigenvalue weighted by molar-refractivity contribution is -0.141. The van der Waals surface area contributed by atoms with Gasteiger partial charge in [0, 0.05) is 42.4 Å². The molecule has 1 amide bonds. The van der Waals surface area contributed by atoms with Gasteiger partial charge in [0.05, 0.1) is 30.1 Å². The minimum Gasteiger partial charge on any atom is -0.467 e. The number of fused-ring (bicyclic) bond motifs is 1. The number of nitrogens with zero attached hydrogens (tertiary/aromatic N) is 4. The van der Waals surface area contributed by atoms with Crippen molar-refractivity contribution in [2.75, 3.05) is 30.4 Å². The van der Waals surface area contributed by atoms with Gasteiger partial charge in [-0.05, 0) is 38.1 Å². The summed E-state index contributed by atoms with van der Waals surface area (Å²) in [5.41, 5.74) is 0.616. The second-order valence-corrected chi connectivity index (χ2v) is 8.01. The monoisotopic (exact) mass is 460 g/mol. The lowest BCUT2D eigenvalue weighted by atomic mass is 10.0. The Morgan fingerprint density at radius 3 is 2.45 bits per heavy atom. The summed E-state index contributed by atoms with van der Waals surface area (Å²) in [6.07, 6.45) is -1.97. The number of amides is 1. The number of hydrogen-bond acceptors (Lipinski definition) is 7. The molecule has 1 aliphatic rings. The van der Waals surface area contributed by atoms with Gasteiger partial charge in [0.15, 0.2) is 0 Å². The van der Waals surface area contributed by atoms with Crippen LogP contribution in [0.2, 0.25) is 0 Å². The Morgan fingerprint density at radius 1 is 1.12 bits per heavy atom. The topological polar surface area (TPSA) is 92.3 Å². The van der Waals surface area contributed by atoms with Gasteiger partial charge in [0.2, 0.25) is 0 Å². The van der Waals surface area contributed by atoms with E-state index >= 15 is 0 Å². The summed E-state index contributed by atoms with van der Waals surface area (Å²) in [5, 5.41) is 6.74. The second-order valence-electron chi connectivity index (χ2n) is 8.01. The fourth-order valence-corrected chi connectivity index (χ4v) is 4.00. The molecule has 3 aromatic rings. The molecule has 33 heavy (non-hydrogen) atoms. The lowest BCUT2D eigenvalue weighted by Gasteiger charge is -2.38. The molecule has 0 bridgehead atoms. The van der Waals surface area contributed by atoms with E-state index in [0.29, 0.717) is 10.9 Å². The highest BCUT2D eigenvalue weighted by molar-refractivity contribution is 6.13. The molecule has 1 fully saturated rings. The Kier molecular flexibility index (Phi) is 6.07. The number of pyridine rings is 1. The summed E-state index contributed by atoms with van der Waals surface area (Å²) in [6, 6.07) is 6.11. The van der Waals surface area contributed by atoms with Gasteiger partial charge in [0.1, 0.15) is 5.69 Å². The summed E-state index contributed by atoms with van der Waals surface area (Å²) in [4.78, 5) is 27.2. The number of halogens is 3. The molecule has 1 saturated heterocycles. The molecule has 1 aliphatic heterocycles. The molecule has 2 N–H and O–H groups in total. The molecule has 4 rings (SSSR count). The van der Waals surface area contributed by atoms with Crippen molar-refractivity contribution in [3.05, 3.63) is 47.9 Å². The van der Waals surface area contributed by atoms with Crippen LogP contribution < -0.4 is 20.3 Å². The van der Waals surface area contributed by atoms with Crippen LogP contribution in [0.5, 0.6) is 6.01 Å². The Labute approximate surface area is 188 Å². The number of aromatic nitrogens is 3. The Morgan fingerprint density at radius 2 is 1.85 bits per heavy atom. The number of nitrogens with one attached hydrogen (secondary N) is 2. The predicted molar refractivity (Wildman–Crippen MR) is 118 cm³/mol. The van der Waals surface area contributed by atoms with Gasteiger partial charge in [-0.1, -0.05) is 0 Å². The van der Waals surface area contributed by atoms with Crippen LogP contribution in [0.4, 0.5) is 24.5 Å². The predicted octanol–water partition coefficient (Wildman–Crippen LogP) is 3.49. The fraction of sp³-hybridized carbons (Fsp3) is 0.364. The smallest absolute Gasteiger partial charge is 0.433 e. The first kappa shape index (κ1) is 22.7. The molecule has 174 valence electrons. The number of ether oxygens (including phenoxy) is 1.